The molecule has 1 aliphatic rings. The van der Waals surface area contributed by atoms with Crippen molar-refractivity contribution in [3.63, 3.8) is 0 Å². The molecule has 0 aliphatic carbocycles. The fraction of sp³-hybridized carbons (Fsp3) is 0.312. The topological polar surface area (TPSA) is 79.4 Å². The van der Waals surface area contributed by atoms with E-state index in [4.69, 9.17) is 4.74 Å². The van der Waals surface area contributed by atoms with Crippen LogP contribution in [0.2, 0.25) is 0 Å². The maximum absolute atomic E-state index is 12.2. The first kappa shape index (κ1) is 15.2. The summed E-state index contributed by atoms with van der Waals surface area (Å²) in [6, 6.07) is 9.21. The standard InChI is InChI=1S/C16H19N5O2/c1-23-14-5-3-2-4-12(14)13-10-15(19-11-18-13)20-16(22)21-8-6-17-7-9-21/h2-5,10-11,17H,6-9H2,1H3,(H,18,19,20,22). The van der Waals surface area contributed by atoms with Crippen LogP contribution in [0.1, 0.15) is 0 Å². The summed E-state index contributed by atoms with van der Waals surface area (Å²) in [6.45, 7) is 3.00. The van der Waals surface area contributed by atoms with Gasteiger partial charge in [-0.2, -0.15) is 0 Å². The largest absolute Gasteiger partial charge is 0.496 e. The zero-order valence-electron chi connectivity index (χ0n) is 13.0. The molecule has 0 bridgehead atoms. The number of aromatic nitrogens is 2. The lowest BCUT2D eigenvalue weighted by Gasteiger charge is -2.27. The van der Waals surface area contributed by atoms with E-state index < -0.39 is 0 Å². The Bertz CT molecular complexity index is 686. The predicted octanol–water partition coefficient (Wildman–Crippen LogP) is 1.59. The Labute approximate surface area is 134 Å². The molecule has 23 heavy (non-hydrogen) atoms. The molecule has 1 aliphatic heterocycles. The van der Waals surface area contributed by atoms with Crippen LogP contribution in [0.5, 0.6) is 5.75 Å². The van der Waals surface area contributed by atoms with E-state index in [1.807, 2.05) is 24.3 Å². The van der Waals surface area contributed by atoms with Gasteiger partial charge in [0.2, 0.25) is 0 Å². The number of urea groups is 1. The van der Waals surface area contributed by atoms with Crippen LogP contribution in [-0.2, 0) is 0 Å². The van der Waals surface area contributed by atoms with E-state index in [1.165, 1.54) is 6.33 Å². The molecule has 3 rings (SSSR count). The number of anilines is 1. The van der Waals surface area contributed by atoms with Crippen molar-refractivity contribution in [2.24, 2.45) is 0 Å². The monoisotopic (exact) mass is 313 g/mol. The van der Waals surface area contributed by atoms with Gasteiger partial charge in [0.05, 0.1) is 12.8 Å². The maximum Gasteiger partial charge on any atom is 0.323 e. The molecular weight excluding hydrogens is 294 g/mol. The van der Waals surface area contributed by atoms with E-state index in [1.54, 1.807) is 18.1 Å². The molecule has 0 radical (unpaired) electrons. The quantitative estimate of drug-likeness (QED) is 0.899. The molecule has 2 amide bonds. The van der Waals surface area contributed by atoms with Gasteiger partial charge >= 0.3 is 6.03 Å². The number of para-hydroxylation sites is 1. The zero-order chi connectivity index (χ0) is 16.1. The summed E-state index contributed by atoms with van der Waals surface area (Å²) in [6.07, 6.45) is 1.44. The molecule has 0 atom stereocenters. The van der Waals surface area contributed by atoms with Crippen LogP contribution >= 0.6 is 0 Å². The highest BCUT2D eigenvalue weighted by atomic mass is 16.5. The number of ether oxygens (including phenoxy) is 1. The molecule has 2 heterocycles. The SMILES string of the molecule is COc1ccccc1-c1cc(NC(=O)N2CCNCC2)ncn1. The van der Waals surface area contributed by atoms with E-state index in [-0.39, 0.29) is 6.03 Å². The van der Waals surface area contributed by atoms with Gasteiger partial charge in [0, 0.05) is 37.8 Å². The van der Waals surface area contributed by atoms with Crippen molar-refractivity contribution in [3.05, 3.63) is 36.7 Å². The van der Waals surface area contributed by atoms with Gasteiger partial charge in [-0.1, -0.05) is 12.1 Å². The van der Waals surface area contributed by atoms with Crippen molar-refractivity contribution < 1.29 is 9.53 Å². The second-order valence-electron chi connectivity index (χ2n) is 5.16. The Morgan fingerprint density at radius 1 is 1.26 bits per heavy atom. The summed E-state index contributed by atoms with van der Waals surface area (Å²) in [7, 11) is 1.62. The molecule has 2 aromatic rings. The number of hydrogen-bond acceptors (Lipinski definition) is 5. The van der Waals surface area contributed by atoms with Gasteiger partial charge < -0.3 is 15.0 Å². The lowest BCUT2D eigenvalue weighted by atomic mass is 10.1. The smallest absolute Gasteiger partial charge is 0.323 e. The molecule has 120 valence electrons. The van der Waals surface area contributed by atoms with Crippen molar-refractivity contribution in [1.29, 1.82) is 0 Å². The fourth-order valence-electron chi connectivity index (χ4n) is 2.49. The Kier molecular flexibility index (Phi) is 4.68. The molecule has 7 heteroatoms. The first-order valence-corrected chi connectivity index (χ1v) is 7.50. The van der Waals surface area contributed by atoms with Crippen molar-refractivity contribution in [3.8, 4) is 17.0 Å². The van der Waals surface area contributed by atoms with Gasteiger partial charge in [-0.05, 0) is 12.1 Å². The van der Waals surface area contributed by atoms with Gasteiger partial charge in [-0.3, -0.25) is 5.32 Å². The lowest BCUT2D eigenvalue weighted by molar-refractivity contribution is 0.204. The highest BCUT2D eigenvalue weighted by molar-refractivity contribution is 5.89. The van der Waals surface area contributed by atoms with Gasteiger partial charge in [0.15, 0.2) is 0 Å². The van der Waals surface area contributed by atoms with Crippen LogP contribution < -0.4 is 15.4 Å². The van der Waals surface area contributed by atoms with E-state index in [9.17, 15) is 4.79 Å². The number of nitrogens with zero attached hydrogens (tertiary/aromatic N) is 3. The Morgan fingerprint density at radius 2 is 2.04 bits per heavy atom. The second kappa shape index (κ2) is 7.06. The molecule has 0 unspecified atom stereocenters. The summed E-state index contributed by atoms with van der Waals surface area (Å²) in [5.74, 6) is 1.20. The molecular formula is C16H19N5O2. The molecule has 0 saturated carbocycles. The van der Waals surface area contributed by atoms with Gasteiger partial charge in [0.1, 0.15) is 17.9 Å². The molecule has 1 aromatic carbocycles. The summed E-state index contributed by atoms with van der Waals surface area (Å²) in [5.41, 5.74) is 1.56. The average Bonchev–Trinajstić information content (AvgIpc) is 2.62. The third-order valence-electron chi connectivity index (χ3n) is 3.69. The number of carbonyl (C=O) groups excluding carboxylic acids is 1. The van der Waals surface area contributed by atoms with Crippen LogP contribution in [0.4, 0.5) is 10.6 Å². The van der Waals surface area contributed by atoms with Crippen LogP contribution in [0, 0.1) is 0 Å². The number of rotatable bonds is 3. The van der Waals surface area contributed by atoms with Crippen LogP contribution in [0.15, 0.2) is 36.7 Å². The van der Waals surface area contributed by atoms with Crippen LogP contribution in [0.3, 0.4) is 0 Å². The van der Waals surface area contributed by atoms with Gasteiger partial charge in [-0.15, -0.1) is 0 Å². The summed E-state index contributed by atoms with van der Waals surface area (Å²) < 4.78 is 5.35. The minimum absolute atomic E-state index is 0.142. The number of methoxy groups -OCH3 is 1. The van der Waals surface area contributed by atoms with Crippen molar-refractivity contribution in [1.82, 2.24) is 20.2 Å². The summed E-state index contributed by atoms with van der Waals surface area (Å²) in [5, 5.41) is 6.04. The molecule has 1 aromatic heterocycles. The Morgan fingerprint density at radius 3 is 2.83 bits per heavy atom. The number of piperazine rings is 1. The highest BCUT2D eigenvalue weighted by Crippen LogP contribution is 2.28. The molecule has 1 saturated heterocycles. The number of nitrogens with one attached hydrogen (secondary N) is 2. The molecule has 2 N–H and O–H groups in total. The first-order chi connectivity index (χ1) is 11.3. The fourth-order valence-corrected chi connectivity index (χ4v) is 2.49. The minimum atomic E-state index is -0.142. The van der Waals surface area contributed by atoms with Crippen molar-refractivity contribution in [2.45, 2.75) is 0 Å². The van der Waals surface area contributed by atoms with Crippen molar-refractivity contribution >= 4 is 11.8 Å². The highest BCUT2D eigenvalue weighted by Gasteiger charge is 2.17. The molecule has 1 fully saturated rings. The lowest BCUT2D eigenvalue weighted by Crippen LogP contribution is -2.48. The number of carbonyl (C=O) groups is 1. The number of benzene rings is 1. The van der Waals surface area contributed by atoms with Gasteiger partial charge in [-0.25, -0.2) is 14.8 Å². The second-order valence-corrected chi connectivity index (χ2v) is 5.16. The number of amides is 2. The van der Waals surface area contributed by atoms with Gasteiger partial charge in [0.25, 0.3) is 0 Å². The molecule has 7 nitrogen and oxygen atoms in total. The minimum Gasteiger partial charge on any atom is -0.496 e. The maximum atomic E-state index is 12.2. The third kappa shape index (κ3) is 3.57. The van der Waals surface area contributed by atoms with E-state index in [0.717, 1.165) is 24.4 Å². The van der Waals surface area contributed by atoms with Crippen LogP contribution in [-0.4, -0.2) is 54.2 Å². The average molecular weight is 313 g/mol. The summed E-state index contributed by atoms with van der Waals surface area (Å²) in [4.78, 5) is 22.4. The third-order valence-corrected chi connectivity index (χ3v) is 3.69. The Hall–Kier alpha value is -2.67. The number of hydrogen-bond donors (Lipinski definition) is 2. The van der Waals surface area contributed by atoms with Crippen LogP contribution in [0.25, 0.3) is 11.3 Å². The zero-order valence-corrected chi connectivity index (χ0v) is 13.0. The van der Waals surface area contributed by atoms with E-state index >= 15 is 0 Å². The van der Waals surface area contributed by atoms with E-state index in [2.05, 4.69) is 20.6 Å². The Balaban J connectivity index is 1.78. The first-order valence-electron chi connectivity index (χ1n) is 7.50. The van der Waals surface area contributed by atoms with E-state index in [0.29, 0.717) is 24.6 Å². The predicted molar refractivity (Wildman–Crippen MR) is 87.5 cm³/mol. The summed E-state index contributed by atoms with van der Waals surface area (Å²) >= 11 is 0. The van der Waals surface area contributed by atoms with Crippen molar-refractivity contribution in [2.75, 3.05) is 38.6 Å². The normalized spacial score (nSPS) is 14.4. The molecule has 0 spiro atoms.